The number of nitrogens with zero attached hydrogens (tertiary/aromatic N) is 1. The van der Waals surface area contributed by atoms with Crippen LogP contribution in [-0.4, -0.2) is 16.4 Å². The van der Waals surface area contributed by atoms with Gasteiger partial charge in [-0.15, -0.1) is 24.8 Å². The van der Waals surface area contributed by atoms with E-state index in [2.05, 4.69) is 16.4 Å². The first-order chi connectivity index (χ1) is 10.6. The van der Waals surface area contributed by atoms with Gasteiger partial charge in [0, 0.05) is 17.1 Å². The van der Waals surface area contributed by atoms with Crippen LogP contribution < -0.4 is 11.1 Å². The molecule has 1 heterocycles. The second-order valence-corrected chi connectivity index (χ2v) is 6.50. The van der Waals surface area contributed by atoms with Crippen LogP contribution in [-0.2, 0) is 11.3 Å². The van der Waals surface area contributed by atoms with Crippen molar-refractivity contribution in [3.05, 3.63) is 42.2 Å². The monoisotopic (exact) mass is 369 g/mol. The number of rotatable bonds is 3. The Morgan fingerprint density at radius 2 is 2.04 bits per heavy atom. The minimum atomic E-state index is -0.394. The molecule has 1 aliphatic carbocycles. The number of carbonyl (C=O) groups excluding carboxylic acids is 1. The summed E-state index contributed by atoms with van der Waals surface area (Å²) in [6.45, 7) is 2.44. The van der Waals surface area contributed by atoms with Crippen molar-refractivity contribution in [3.63, 3.8) is 0 Å². The molecule has 24 heavy (non-hydrogen) atoms. The van der Waals surface area contributed by atoms with Gasteiger partial charge in [-0.25, -0.2) is 0 Å². The average molecular weight is 370 g/mol. The van der Waals surface area contributed by atoms with Crippen molar-refractivity contribution < 1.29 is 4.79 Å². The predicted molar refractivity (Wildman–Crippen MR) is 103 cm³/mol. The van der Waals surface area contributed by atoms with Crippen LogP contribution in [0.5, 0.6) is 0 Å². The van der Waals surface area contributed by atoms with Gasteiger partial charge < -0.3 is 11.1 Å². The molecule has 4 nitrogen and oxygen atoms in total. The van der Waals surface area contributed by atoms with Gasteiger partial charge in [-0.1, -0.05) is 37.1 Å². The van der Waals surface area contributed by atoms with Gasteiger partial charge in [0.2, 0.25) is 5.91 Å². The molecule has 6 heteroatoms. The maximum absolute atomic E-state index is 12.5. The molecule has 1 saturated carbocycles. The quantitative estimate of drug-likeness (QED) is 0.868. The number of pyridine rings is 1. The molecule has 0 radical (unpaired) electrons. The fourth-order valence-corrected chi connectivity index (χ4v) is 3.41. The number of nitrogens with two attached hydrogens (primary N) is 1. The highest BCUT2D eigenvalue weighted by molar-refractivity contribution is 5.86. The smallest absolute Gasteiger partial charge is 0.225 e. The maximum atomic E-state index is 12.5. The number of carbonyl (C=O) groups is 1. The third-order valence-electron chi connectivity index (χ3n) is 4.76. The predicted octanol–water partition coefficient (Wildman–Crippen LogP) is 3.60. The number of amides is 1. The number of benzene rings is 1. The van der Waals surface area contributed by atoms with E-state index in [9.17, 15) is 4.79 Å². The lowest BCUT2D eigenvalue weighted by atomic mass is 9.74. The summed E-state index contributed by atoms with van der Waals surface area (Å²) >= 11 is 0. The highest BCUT2D eigenvalue weighted by atomic mass is 35.5. The standard InChI is InChI=1S/C18H23N3O.2ClH/c1-18(19)10-5-4-8-15(18)17(22)21-12-16-14-7-3-2-6-13(14)9-11-20-16;;/h2-3,6-7,9,11,15H,4-5,8,10,12,19H2,1H3,(H,21,22);2*1H. The molecule has 2 aromatic rings. The summed E-state index contributed by atoms with van der Waals surface area (Å²) < 4.78 is 0. The second-order valence-electron chi connectivity index (χ2n) is 6.50. The summed E-state index contributed by atoms with van der Waals surface area (Å²) in [5, 5.41) is 5.26. The van der Waals surface area contributed by atoms with Crippen molar-refractivity contribution in [1.82, 2.24) is 10.3 Å². The van der Waals surface area contributed by atoms with Crippen molar-refractivity contribution in [2.45, 2.75) is 44.7 Å². The molecule has 0 spiro atoms. The van der Waals surface area contributed by atoms with E-state index in [0.29, 0.717) is 6.54 Å². The number of fused-ring (bicyclic) bond motifs is 1. The van der Waals surface area contributed by atoms with Gasteiger partial charge in [-0.2, -0.15) is 0 Å². The third-order valence-corrected chi connectivity index (χ3v) is 4.76. The lowest BCUT2D eigenvalue weighted by Crippen LogP contribution is -2.52. The fraction of sp³-hybridized carbons (Fsp3) is 0.444. The van der Waals surface area contributed by atoms with Crippen LogP contribution in [0.4, 0.5) is 0 Å². The molecule has 1 amide bonds. The Balaban J connectivity index is 0.00000144. The third kappa shape index (κ3) is 4.38. The van der Waals surface area contributed by atoms with Crippen molar-refractivity contribution in [1.29, 1.82) is 0 Å². The molecular weight excluding hydrogens is 345 g/mol. The minimum absolute atomic E-state index is 0. The van der Waals surface area contributed by atoms with Crippen molar-refractivity contribution in [2.24, 2.45) is 11.7 Å². The molecule has 1 fully saturated rings. The zero-order chi connectivity index (χ0) is 15.6. The van der Waals surface area contributed by atoms with E-state index in [1.807, 2.05) is 31.2 Å². The Bertz CT molecular complexity index is 686. The van der Waals surface area contributed by atoms with Crippen LogP contribution in [0.25, 0.3) is 10.8 Å². The molecule has 2 atom stereocenters. The van der Waals surface area contributed by atoms with Crippen molar-refractivity contribution >= 4 is 41.5 Å². The molecule has 132 valence electrons. The molecule has 3 rings (SSSR count). The molecule has 0 bridgehead atoms. The van der Waals surface area contributed by atoms with Gasteiger partial charge in [0.05, 0.1) is 18.2 Å². The van der Waals surface area contributed by atoms with Gasteiger partial charge >= 0.3 is 0 Å². The fourth-order valence-electron chi connectivity index (χ4n) is 3.41. The van der Waals surface area contributed by atoms with Crippen LogP contribution in [0, 0.1) is 5.92 Å². The molecular formula is C18H25Cl2N3O. The molecule has 0 saturated heterocycles. The number of aromatic nitrogens is 1. The largest absolute Gasteiger partial charge is 0.350 e. The second kappa shape index (κ2) is 8.65. The van der Waals surface area contributed by atoms with E-state index in [-0.39, 0.29) is 36.6 Å². The summed E-state index contributed by atoms with van der Waals surface area (Å²) in [5.74, 6) is -0.0457. The summed E-state index contributed by atoms with van der Waals surface area (Å²) in [6.07, 6.45) is 5.77. The van der Waals surface area contributed by atoms with Crippen LogP contribution in [0.1, 0.15) is 38.3 Å². The summed E-state index contributed by atoms with van der Waals surface area (Å²) in [7, 11) is 0. The summed E-state index contributed by atoms with van der Waals surface area (Å²) in [6, 6.07) is 10.1. The maximum Gasteiger partial charge on any atom is 0.225 e. The van der Waals surface area contributed by atoms with Gasteiger partial charge in [0.1, 0.15) is 0 Å². The highest BCUT2D eigenvalue weighted by Crippen LogP contribution is 2.31. The SMILES string of the molecule is CC1(N)CCCCC1C(=O)NCc1nccc2ccccc12.Cl.Cl. The lowest BCUT2D eigenvalue weighted by Gasteiger charge is -2.37. The van der Waals surface area contributed by atoms with Gasteiger partial charge in [-0.05, 0) is 31.2 Å². The molecule has 3 N–H and O–H groups in total. The van der Waals surface area contributed by atoms with Crippen LogP contribution in [0.3, 0.4) is 0 Å². The molecule has 0 aliphatic heterocycles. The average Bonchev–Trinajstić information content (AvgIpc) is 2.52. The van der Waals surface area contributed by atoms with Crippen LogP contribution in [0.15, 0.2) is 36.5 Å². The zero-order valence-corrected chi connectivity index (χ0v) is 15.5. The molecule has 1 aromatic heterocycles. The lowest BCUT2D eigenvalue weighted by molar-refractivity contribution is -0.128. The normalized spacial score (nSPS) is 23.0. The Morgan fingerprint density at radius 3 is 2.79 bits per heavy atom. The Labute approximate surface area is 155 Å². The van der Waals surface area contributed by atoms with Crippen LogP contribution in [0.2, 0.25) is 0 Å². The summed E-state index contributed by atoms with van der Waals surface area (Å²) in [4.78, 5) is 16.9. The molecule has 1 aliphatic rings. The zero-order valence-electron chi connectivity index (χ0n) is 13.8. The first-order valence-electron chi connectivity index (χ1n) is 7.97. The highest BCUT2D eigenvalue weighted by Gasteiger charge is 2.37. The number of hydrogen-bond donors (Lipinski definition) is 2. The van der Waals surface area contributed by atoms with Gasteiger partial charge in [0.25, 0.3) is 0 Å². The Kier molecular flexibility index (Phi) is 7.46. The van der Waals surface area contributed by atoms with E-state index in [4.69, 9.17) is 5.73 Å². The molecule has 1 aromatic carbocycles. The Hall–Kier alpha value is -1.36. The first kappa shape index (κ1) is 20.7. The number of halogens is 2. The van der Waals surface area contributed by atoms with Crippen LogP contribution >= 0.6 is 24.8 Å². The van der Waals surface area contributed by atoms with Crippen molar-refractivity contribution in [2.75, 3.05) is 0 Å². The van der Waals surface area contributed by atoms with E-state index < -0.39 is 5.54 Å². The topological polar surface area (TPSA) is 68.0 Å². The van der Waals surface area contributed by atoms with Gasteiger partial charge in [0.15, 0.2) is 0 Å². The van der Waals surface area contributed by atoms with E-state index >= 15 is 0 Å². The minimum Gasteiger partial charge on any atom is -0.350 e. The molecule has 2 unspecified atom stereocenters. The van der Waals surface area contributed by atoms with Gasteiger partial charge in [-0.3, -0.25) is 9.78 Å². The van der Waals surface area contributed by atoms with E-state index in [1.165, 1.54) is 0 Å². The van der Waals surface area contributed by atoms with Crippen molar-refractivity contribution in [3.8, 4) is 0 Å². The number of hydrogen-bond acceptors (Lipinski definition) is 3. The van der Waals surface area contributed by atoms with E-state index in [0.717, 1.165) is 42.1 Å². The Morgan fingerprint density at radius 1 is 1.29 bits per heavy atom. The van der Waals surface area contributed by atoms with E-state index in [1.54, 1.807) is 6.20 Å². The first-order valence-corrected chi connectivity index (χ1v) is 7.97. The number of nitrogens with one attached hydrogen (secondary N) is 1. The summed E-state index contributed by atoms with van der Waals surface area (Å²) in [5.41, 5.74) is 6.82.